The van der Waals surface area contributed by atoms with Crippen LogP contribution in [0.25, 0.3) is 0 Å². The lowest BCUT2D eigenvalue weighted by molar-refractivity contribution is -0.121. The zero-order chi connectivity index (χ0) is 22.8. The molecule has 7 atom stereocenters. The van der Waals surface area contributed by atoms with Crippen LogP contribution in [0.3, 0.4) is 0 Å². The SMILES string of the molecule is C[C@H]([C@H]1CC[C@@]2(C)[C@@H]3CC[C@@H]4C(=CC3=CC[C@]12C)CC[C@@H](N(C)C)C4(C)C)N(C)C=O. The van der Waals surface area contributed by atoms with E-state index >= 15 is 0 Å². The monoisotopic (exact) mass is 426 g/mol. The number of rotatable bonds is 4. The van der Waals surface area contributed by atoms with Gasteiger partial charge in [-0.1, -0.05) is 45.4 Å². The second-order valence-corrected chi connectivity index (χ2v) is 12.6. The number of allylic oxidation sites excluding steroid dienone is 4. The van der Waals surface area contributed by atoms with Crippen molar-refractivity contribution in [1.29, 1.82) is 0 Å². The third-order valence-corrected chi connectivity index (χ3v) is 11.1. The Balaban J connectivity index is 1.66. The summed E-state index contributed by atoms with van der Waals surface area (Å²) >= 11 is 0. The lowest BCUT2D eigenvalue weighted by Crippen LogP contribution is -2.50. The molecule has 0 N–H and O–H groups in total. The molecule has 174 valence electrons. The molecule has 0 aromatic rings. The third kappa shape index (κ3) is 3.28. The molecule has 0 aromatic heterocycles. The van der Waals surface area contributed by atoms with Crippen molar-refractivity contribution < 1.29 is 4.79 Å². The quantitative estimate of drug-likeness (QED) is 0.521. The van der Waals surface area contributed by atoms with E-state index in [4.69, 9.17) is 0 Å². The van der Waals surface area contributed by atoms with Crippen LogP contribution in [0.5, 0.6) is 0 Å². The van der Waals surface area contributed by atoms with Gasteiger partial charge in [-0.05, 0) is 106 Å². The molecule has 4 aliphatic rings. The highest BCUT2D eigenvalue weighted by Crippen LogP contribution is 2.68. The summed E-state index contributed by atoms with van der Waals surface area (Å²) in [5.74, 6) is 1.95. The normalized spacial score (nSPS) is 42.5. The fraction of sp³-hybridized carbons (Fsp3) is 0.821. The molecule has 4 rings (SSSR count). The standard InChI is InChI=1S/C28H46N2O/c1-19(30(8)18-31)22-14-16-28(5)24-11-10-23-20(17-21(24)13-15-27(22,28)4)9-12-25(29(6)7)26(23,2)3/h13,17-19,22-25H,9-12,14-16H2,1-8H3/t19-,22-,23-,24-,25-,27-,28+/m1/s1. The number of nitrogens with zero attached hydrogens (tertiary/aromatic N) is 2. The Bertz CT molecular complexity index is 780. The highest BCUT2D eigenvalue weighted by molar-refractivity contribution is 5.47. The predicted molar refractivity (Wildman–Crippen MR) is 130 cm³/mol. The van der Waals surface area contributed by atoms with Crippen molar-refractivity contribution in [3.63, 3.8) is 0 Å². The number of amides is 1. The van der Waals surface area contributed by atoms with Crippen molar-refractivity contribution >= 4 is 6.41 Å². The van der Waals surface area contributed by atoms with Gasteiger partial charge in [-0.15, -0.1) is 0 Å². The minimum absolute atomic E-state index is 0.271. The van der Waals surface area contributed by atoms with Gasteiger partial charge in [0.15, 0.2) is 0 Å². The maximum atomic E-state index is 11.5. The van der Waals surface area contributed by atoms with Crippen molar-refractivity contribution in [2.75, 3.05) is 21.1 Å². The van der Waals surface area contributed by atoms with Gasteiger partial charge in [0, 0.05) is 19.1 Å². The van der Waals surface area contributed by atoms with E-state index in [-0.39, 0.29) is 5.41 Å². The molecule has 0 heterocycles. The van der Waals surface area contributed by atoms with Crippen molar-refractivity contribution in [2.24, 2.45) is 34.0 Å². The maximum Gasteiger partial charge on any atom is 0.209 e. The molecule has 2 fully saturated rings. The Morgan fingerprint density at radius 3 is 2.32 bits per heavy atom. The Morgan fingerprint density at radius 1 is 1.00 bits per heavy atom. The van der Waals surface area contributed by atoms with E-state index < -0.39 is 0 Å². The summed E-state index contributed by atoms with van der Waals surface area (Å²) in [5, 5.41) is 0. The first-order chi connectivity index (χ1) is 14.5. The van der Waals surface area contributed by atoms with Gasteiger partial charge >= 0.3 is 0 Å². The van der Waals surface area contributed by atoms with Crippen molar-refractivity contribution in [1.82, 2.24) is 9.80 Å². The number of hydrogen-bond donors (Lipinski definition) is 0. The predicted octanol–water partition coefficient (Wildman–Crippen LogP) is 5.92. The van der Waals surface area contributed by atoms with Gasteiger partial charge in [0.1, 0.15) is 0 Å². The van der Waals surface area contributed by atoms with Gasteiger partial charge in [0.2, 0.25) is 6.41 Å². The average Bonchev–Trinajstić information content (AvgIpc) is 2.86. The van der Waals surface area contributed by atoms with E-state index in [0.29, 0.717) is 40.7 Å². The molecule has 1 amide bonds. The first kappa shape index (κ1) is 23.1. The lowest BCUT2D eigenvalue weighted by atomic mass is 9.51. The van der Waals surface area contributed by atoms with Crippen LogP contribution in [0.4, 0.5) is 0 Å². The van der Waals surface area contributed by atoms with Crippen molar-refractivity contribution in [3.8, 4) is 0 Å². The van der Waals surface area contributed by atoms with E-state index in [0.717, 1.165) is 12.8 Å². The van der Waals surface area contributed by atoms with E-state index in [1.807, 2.05) is 11.9 Å². The Kier molecular flexibility index (Phi) is 5.77. The number of hydrogen-bond acceptors (Lipinski definition) is 2. The summed E-state index contributed by atoms with van der Waals surface area (Å²) < 4.78 is 0. The fourth-order valence-electron chi connectivity index (χ4n) is 8.84. The highest BCUT2D eigenvalue weighted by Gasteiger charge is 2.61. The smallest absolute Gasteiger partial charge is 0.209 e. The first-order valence-corrected chi connectivity index (χ1v) is 12.7. The molecule has 0 spiro atoms. The van der Waals surface area contributed by atoms with Crippen LogP contribution < -0.4 is 0 Å². The summed E-state index contributed by atoms with van der Waals surface area (Å²) in [6, 6.07) is 0.978. The molecule has 2 saturated carbocycles. The minimum atomic E-state index is 0.271. The Hall–Kier alpha value is -1.09. The summed E-state index contributed by atoms with van der Waals surface area (Å²) in [6.07, 6.45) is 15.2. The van der Waals surface area contributed by atoms with Crippen LogP contribution in [0, 0.1) is 34.0 Å². The summed E-state index contributed by atoms with van der Waals surface area (Å²) in [4.78, 5) is 15.9. The average molecular weight is 427 g/mol. The van der Waals surface area contributed by atoms with Crippen LogP contribution in [-0.2, 0) is 4.79 Å². The largest absolute Gasteiger partial charge is 0.345 e. The van der Waals surface area contributed by atoms with E-state index in [2.05, 4.69) is 65.8 Å². The number of carbonyl (C=O) groups excluding carboxylic acids is 1. The van der Waals surface area contributed by atoms with Crippen LogP contribution in [0.15, 0.2) is 23.3 Å². The Labute approximate surface area is 191 Å². The summed E-state index contributed by atoms with van der Waals surface area (Å²) in [7, 11) is 6.50. The summed E-state index contributed by atoms with van der Waals surface area (Å²) in [5.41, 5.74) is 4.30. The molecule has 4 aliphatic carbocycles. The van der Waals surface area contributed by atoms with Crippen LogP contribution in [0.2, 0.25) is 0 Å². The molecular weight excluding hydrogens is 380 g/mol. The van der Waals surface area contributed by atoms with Gasteiger partial charge in [-0.3, -0.25) is 4.79 Å². The van der Waals surface area contributed by atoms with E-state index in [9.17, 15) is 4.79 Å². The van der Waals surface area contributed by atoms with Gasteiger partial charge in [0.05, 0.1) is 0 Å². The molecule has 0 aliphatic heterocycles. The summed E-state index contributed by atoms with van der Waals surface area (Å²) in [6.45, 7) is 12.5. The van der Waals surface area contributed by atoms with Gasteiger partial charge in [-0.25, -0.2) is 0 Å². The number of fused-ring (bicyclic) bond motifs is 4. The molecule has 0 saturated heterocycles. The molecule has 31 heavy (non-hydrogen) atoms. The van der Waals surface area contributed by atoms with E-state index in [1.54, 1.807) is 11.1 Å². The molecule has 0 bridgehead atoms. The second kappa shape index (κ2) is 7.75. The minimum Gasteiger partial charge on any atom is -0.345 e. The highest BCUT2D eigenvalue weighted by atomic mass is 16.1. The molecule has 3 nitrogen and oxygen atoms in total. The zero-order valence-corrected chi connectivity index (χ0v) is 21.4. The lowest BCUT2D eigenvalue weighted by Gasteiger charge is -2.54. The first-order valence-electron chi connectivity index (χ1n) is 12.7. The van der Waals surface area contributed by atoms with Crippen molar-refractivity contribution in [3.05, 3.63) is 23.3 Å². The van der Waals surface area contributed by atoms with Crippen molar-refractivity contribution in [2.45, 2.75) is 91.6 Å². The van der Waals surface area contributed by atoms with Gasteiger partial charge in [0.25, 0.3) is 0 Å². The van der Waals surface area contributed by atoms with Crippen LogP contribution in [0.1, 0.15) is 79.6 Å². The molecule has 0 aromatic carbocycles. The number of carbonyl (C=O) groups is 1. The fourth-order valence-corrected chi connectivity index (χ4v) is 8.84. The molecule has 0 unspecified atom stereocenters. The van der Waals surface area contributed by atoms with Gasteiger partial charge < -0.3 is 9.80 Å². The van der Waals surface area contributed by atoms with E-state index in [1.165, 1.54) is 38.5 Å². The topological polar surface area (TPSA) is 23.6 Å². The second-order valence-electron chi connectivity index (χ2n) is 12.6. The maximum absolute atomic E-state index is 11.5. The molecular formula is C28H46N2O. The van der Waals surface area contributed by atoms with Gasteiger partial charge in [-0.2, -0.15) is 0 Å². The van der Waals surface area contributed by atoms with Crippen LogP contribution in [-0.4, -0.2) is 49.4 Å². The molecule has 0 radical (unpaired) electrons. The third-order valence-electron chi connectivity index (χ3n) is 11.1. The Morgan fingerprint density at radius 2 is 1.68 bits per heavy atom. The zero-order valence-electron chi connectivity index (χ0n) is 21.4. The van der Waals surface area contributed by atoms with Crippen LogP contribution >= 0.6 is 0 Å². The molecule has 3 heteroatoms.